The SMILES string of the molecule is [C-]#[N+]c1cncc(C(C)(C)OC)c1. The van der Waals surface area contributed by atoms with Gasteiger partial charge >= 0.3 is 0 Å². The summed E-state index contributed by atoms with van der Waals surface area (Å²) in [5.41, 5.74) is 1.08. The average Bonchev–Trinajstić information content (AvgIpc) is 2.18. The standard InChI is InChI=1S/C10H12N2O/c1-10(2,13-4)8-5-9(11-3)7-12-6-8/h5-7H,1-2,4H3. The Morgan fingerprint density at radius 1 is 1.46 bits per heavy atom. The van der Waals surface area contributed by atoms with Crippen molar-refractivity contribution in [3.8, 4) is 0 Å². The quantitative estimate of drug-likeness (QED) is 0.647. The molecule has 1 heterocycles. The Balaban J connectivity index is 3.10. The second-order valence-corrected chi connectivity index (χ2v) is 3.26. The Labute approximate surface area is 78.2 Å². The van der Waals surface area contributed by atoms with E-state index in [2.05, 4.69) is 9.83 Å². The van der Waals surface area contributed by atoms with Gasteiger partial charge in [0, 0.05) is 19.5 Å². The average molecular weight is 176 g/mol. The number of nitrogens with zero attached hydrogens (tertiary/aromatic N) is 2. The molecular formula is C10H12N2O. The summed E-state index contributed by atoms with van der Waals surface area (Å²) >= 11 is 0. The van der Waals surface area contributed by atoms with E-state index in [1.165, 1.54) is 0 Å². The Kier molecular flexibility index (Phi) is 2.64. The molecule has 13 heavy (non-hydrogen) atoms. The first kappa shape index (κ1) is 9.69. The highest BCUT2D eigenvalue weighted by Gasteiger charge is 2.19. The van der Waals surface area contributed by atoms with Crippen molar-refractivity contribution in [1.29, 1.82) is 0 Å². The van der Waals surface area contributed by atoms with E-state index in [-0.39, 0.29) is 5.60 Å². The summed E-state index contributed by atoms with van der Waals surface area (Å²) in [6.07, 6.45) is 3.26. The molecular weight excluding hydrogens is 164 g/mol. The van der Waals surface area contributed by atoms with Gasteiger partial charge in [0.2, 0.25) is 5.69 Å². The number of aromatic nitrogens is 1. The van der Waals surface area contributed by atoms with E-state index in [9.17, 15) is 0 Å². The van der Waals surface area contributed by atoms with E-state index in [0.29, 0.717) is 5.69 Å². The van der Waals surface area contributed by atoms with Gasteiger partial charge in [-0.2, -0.15) is 0 Å². The molecule has 68 valence electrons. The molecule has 0 radical (unpaired) electrons. The lowest BCUT2D eigenvalue weighted by molar-refractivity contribution is 0.0190. The topological polar surface area (TPSA) is 26.5 Å². The van der Waals surface area contributed by atoms with Gasteiger partial charge in [0.25, 0.3) is 0 Å². The van der Waals surface area contributed by atoms with Crippen molar-refractivity contribution in [2.45, 2.75) is 19.4 Å². The minimum absolute atomic E-state index is 0.381. The van der Waals surface area contributed by atoms with Crippen molar-refractivity contribution in [2.24, 2.45) is 0 Å². The number of hydrogen-bond donors (Lipinski definition) is 0. The van der Waals surface area contributed by atoms with Crippen molar-refractivity contribution in [3.63, 3.8) is 0 Å². The molecule has 0 saturated heterocycles. The normalized spacial score (nSPS) is 10.9. The highest BCUT2D eigenvalue weighted by molar-refractivity contribution is 5.44. The first-order valence-corrected chi connectivity index (χ1v) is 3.98. The third-order valence-corrected chi connectivity index (χ3v) is 2.06. The van der Waals surface area contributed by atoms with Crippen LogP contribution in [0.25, 0.3) is 4.85 Å². The third-order valence-electron chi connectivity index (χ3n) is 2.06. The van der Waals surface area contributed by atoms with Crippen LogP contribution in [0.5, 0.6) is 0 Å². The fourth-order valence-corrected chi connectivity index (χ4v) is 0.936. The number of methoxy groups -OCH3 is 1. The number of ether oxygens (including phenoxy) is 1. The van der Waals surface area contributed by atoms with Crippen LogP contribution in [-0.2, 0) is 10.3 Å². The molecule has 0 bridgehead atoms. The van der Waals surface area contributed by atoms with Gasteiger partial charge in [0.05, 0.1) is 12.2 Å². The smallest absolute Gasteiger partial charge is 0.205 e. The summed E-state index contributed by atoms with van der Waals surface area (Å²) < 4.78 is 5.28. The molecule has 0 fully saturated rings. The minimum Gasteiger partial charge on any atom is -0.374 e. The van der Waals surface area contributed by atoms with E-state index >= 15 is 0 Å². The maximum Gasteiger partial charge on any atom is 0.205 e. The fourth-order valence-electron chi connectivity index (χ4n) is 0.936. The molecule has 0 amide bonds. The van der Waals surface area contributed by atoms with Crippen LogP contribution < -0.4 is 0 Å². The zero-order valence-corrected chi connectivity index (χ0v) is 8.03. The molecule has 0 aliphatic heterocycles. The van der Waals surface area contributed by atoms with Crippen molar-refractivity contribution in [1.82, 2.24) is 4.98 Å². The molecule has 0 aliphatic carbocycles. The van der Waals surface area contributed by atoms with Gasteiger partial charge in [0.1, 0.15) is 0 Å². The first-order chi connectivity index (χ1) is 6.10. The van der Waals surface area contributed by atoms with Gasteiger partial charge in [-0.25, -0.2) is 4.85 Å². The zero-order valence-electron chi connectivity index (χ0n) is 8.03. The third kappa shape index (κ3) is 2.04. The molecule has 1 aromatic rings. The largest absolute Gasteiger partial charge is 0.374 e. The van der Waals surface area contributed by atoms with E-state index in [0.717, 1.165) is 5.56 Å². The van der Waals surface area contributed by atoms with Gasteiger partial charge in [0.15, 0.2) is 0 Å². The number of hydrogen-bond acceptors (Lipinski definition) is 2. The van der Waals surface area contributed by atoms with Crippen LogP contribution in [0.1, 0.15) is 19.4 Å². The van der Waals surface area contributed by atoms with Crippen LogP contribution >= 0.6 is 0 Å². The maximum atomic E-state index is 6.85. The highest BCUT2D eigenvalue weighted by Crippen LogP contribution is 2.25. The molecule has 1 rings (SSSR count). The molecule has 0 N–H and O–H groups in total. The van der Waals surface area contributed by atoms with Crippen LogP contribution in [0.2, 0.25) is 0 Å². The molecule has 0 spiro atoms. The second-order valence-electron chi connectivity index (χ2n) is 3.26. The first-order valence-electron chi connectivity index (χ1n) is 3.98. The van der Waals surface area contributed by atoms with Crippen molar-refractivity contribution in [2.75, 3.05) is 7.11 Å². The van der Waals surface area contributed by atoms with E-state index in [1.54, 1.807) is 25.6 Å². The fraction of sp³-hybridized carbons (Fsp3) is 0.400. The second kappa shape index (κ2) is 3.55. The lowest BCUT2D eigenvalue weighted by Crippen LogP contribution is -2.19. The van der Waals surface area contributed by atoms with Gasteiger partial charge in [-0.1, -0.05) is 0 Å². The van der Waals surface area contributed by atoms with Crippen LogP contribution in [0, 0.1) is 6.57 Å². The summed E-state index contributed by atoms with van der Waals surface area (Å²) in [6.45, 7) is 10.7. The highest BCUT2D eigenvalue weighted by atomic mass is 16.5. The Morgan fingerprint density at radius 2 is 2.15 bits per heavy atom. The summed E-state index contributed by atoms with van der Waals surface area (Å²) in [5.74, 6) is 0. The summed E-state index contributed by atoms with van der Waals surface area (Å²) in [7, 11) is 1.64. The van der Waals surface area contributed by atoms with Crippen LogP contribution in [-0.4, -0.2) is 12.1 Å². The van der Waals surface area contributed by atoms with E-state index in [1.807, 2.05) is 13.8 Å². The van der Waals surface area contributed by atoms with E-state index < -0.39 is 0 Å². The molecule has 0 aliphatic rings. The summed E-state index contributed by atoms with van der Waals surface area (Å²) in [5, 5.41) is 0. The Bertz CT molecular complexity index is 339. The van der Waals surface area contributed by atoms with Gasteiger partial charge < -0.3 is 4.74 Å². The zero-order chi connectivity index (χ0) is 9.90. The van der Waals surface area contributed by atoms with Crippen molar-refractivity contribution < 1.29 is 4.74 Å². The molecule has 3 heteroatoms. The Morgan fingerprint density at radius 3 is 2.69 bits per heavy atom. The molecule has 0 aromatic carbocycles. The molecule has 0 unspecified atom stereocenters. The molecule has 0 atom stereocenters. The summed E-state index contributed by atoms with van der Waals surface area (Å²) in [4.78, 5) is 7.29. The monoisotopic (exact) mass is 176 g/mol. The maximum absolute atomic E-state index is 6.85. The summed E-state index contributed by atoms with van der Waals surface area (Å²) in [6, 6.07) is 1.80. The molecule has 3 nitrogen and oxygen atoms in total. The number of rotatable bonds is 2. The van der Waals surface area contributed by atoms with Crippen molar-refractivity contribution >= 4 is 5.69 Å². The molecule has 0 saturated carbocycles. The van der Waals surface area contributed by atoms with Crippen LogP contribution in [0.4, 0.5) is 5.69 Å². The Hall–Kier alpha value is -1.40. The van der Waals surface area contributed by atoms with Crippen molar-refractivity contribution in [3.05, 3.63) is 35.4 Å². The van der Waals surface area contributed by atoms with Crippen LogP contribution in [0.3, 0.4) is 0 Å². The van der Waals surface area contributed by atoms with Gasteiger partial charge in [-0.3, -0.25) is 4.98 Å². The van der Waals surface area contributed by atoms with Crippen LogP contribution in [0.15, 0.2) is 18.5 Å². The molecule has 1 aromatic heterocycles. The lowest BCUT2D eigenvalue weighted by Gasteiger charge is -2.23. The predicted octanol–water partition coefficient (Wildman–Crippen LogP) is 2.51. The number of pyridine rings is 1. The lowest BCUT2D eigenvalue weighted by atomic mass is 10.00. The van der Waals surface area contributed by atoms with E-state index in [4.69, 9.17) is 11.3 Å². The predicted molar refractivity (Wildman–Crippen MR) is 50.5 cm³/mol. The van der Waals surface area contributed by atoms with Gasteiger partial charge in [-0.05, 0) is 25.5 Å². The van der Waals surface area contributed by atoms with Gasteiger partial charge in [-0.15, -0.1) is 0 Å². The minimum atomic E-state index is -0.381.